The van der Waals surface area contributed by atoms with Gasteiger partial charge in [0.2, 0.25) is 0 Å². The predicted octanol–water partition coefficient (Wildman–Crippen LogP) is 27.6. The van der Waals surface area contributed by atoms with Crippen molar-refractivity contribution in [3.63, 3.8) is 0 Å². The summed E-state index contributed by atoms with van der Waals surface area (Å²) in [5.41, 5.74) is 20.7. The first-order valence-electron chi connectivity index (χ1n) is 39.5. The second-order valence-corrected chi connectivity index (χ2v) is 29.0. The van der Waals surface area contributed by atoms with Crippen LogP contribution in [0, 0.1) is 0 Å². The second-order valence-electron chi connectivity index (χ2n) is 29.0. The van der Waals surface area contributed by atoms with E-state index in [0.29, 0.717) is 52.4 Å². The van der Waals surface area contributed by atoms with Crippen LogP contribution in [0.4, 0.5) is 0 Å². The van der Waals surface area contributed by atoms with Crippen molar-refractivity contribution in [1.82, 2.24) is 44.9 Å². The summed E-state index contributed by atoms with van der Waals surface area (Å²) in [6.07, 6.45) is 0. The van der Waals surface area contributed by atoms with Crippen LogP contribution in [0.2, 0.25) is 0 Å². The maximum absolute atomic E-state index is 6.20. The monoisotopic (exact) mass is 1530 g/mol. The van der Waals surface area contributed by atoms with Gasteiger partial charge in [-0.1, -0.05) is 358 Å². The molecule has 0 unspecified atom stereocenters. The molecular formula is C107H67N9O3. The highest BCUT2D eigenvalue weighted by Crippen LogP contribution is 2.44. The highest BCUT2D eigenvalue weighted by atomic mass is 16.3. The maximum atomic E-state index is 6.20. The summed E-state index contributed by atoms with van der Waals surface area (Å²) in [4.78, 5) is 44.1. The molecule has 0 amide bonds. The summed E-state index contributed by atoms with van der Waals surface area (Å²) in [5.74, 6) is 5.84. The van der Waals surface area contributed by atoms with Crippen molar-refractivity contribution >= 4 is 87.4 Å². The molecule has 0 aliphatic carbocycles. The van der Waals surface area contributed by atoms with Crippen LogP contribution < -0.4 is 0 Å². The van der Waals surface area contributed by atoms with E-state index >= 15 is 0 Å². The van der Waals surface area contributed by atoms with Gasteiger partial charge in [0.25, 0.3) is 0 Å². The molecule has 558 valence electrons. The number of aromatic nitrogens is 9. The molecule has 6 heterocycles. The number of para-hydroxylation sites is 3. The largest absolute Gasteiger partial charge is 0.456 e. The number of furan rings is 3. The van der Waals surface area contributed by atoms with E-state index in [0.717, 1.165) is 165 Å². The molecule has 0 N–H and O–H groups in total. The van der Waals surface area contributed by atoms with Crippen LogP contribution in [0.15, 0.2) is 420 Å². The summed E-state index contributed by atoms with van der Waals surface area (Å²) >= 11 is 0. The van der Waals surface area contributed by atoms with Gasteiger partial charge in [0, 0.05) is 82.4 Å². The van der Waals surface area contributed by atoms with Crippen molar-refractivity contribution in [3.05, 3.63) is 406 Å². The highest BCUT2D eigenvalue weighted by Gasteiger charge is 2.22. The summed E-state index contributed by atoms with van der Waals surface area (Å²) in [6.45, 7) is 0. The summed E-state index contributed by atoms with van der Waals surface area (Å²) in [7, 11) is 0. The molecule has 0 fully saturated rings. The van der Waals surface area contributed by atoms with Crippen molar-refractivity contribution in [1.29, 1.82) is 0 Å². The number of rotatable bonds is 12. The Morgan fingerprint density at radius 2 is 0.387 bits per heavy atom. The Morgan fingerprint density at radius 3 is 0.765 bits per heavy atom. The molecule has 119 heavy (non-hydrogen) atoms. The highest BCUT2D eigenvalue weighted by molar-refractivity contribution is 6.17. The zero-order valence-electron chi connectivity index (χ0n) is 63.9. The normalized spacial score (nSPS) is 11.4. The van der Waals surface area contributed by atoms with E-state index in [1.807, 2.05) is 224 Å². The van der Waals surface area contributed by atoms with E-state index in [9.17, 15) is 0 Å². The van der Waals surface area contributed by atoms with E-state index in [-0.39, 0.29) is 0 Å². The molecule has 0 atom stereocenters. The van der Waals surface area contributed by atoms with Gasteiger partial charge in [-0.3, -0.25) is 0 Å². The van der Waals surface area contributed by atoms with Gasteiger partial charge in [0.05, 0.1) is 0 Å². The number of hydrogen-bond donors (Lipinski definition) is 0. The zero-order chi connectivity index (χ0) is 79.0. The Labute approximate surface area is 683 Å². The predicted molar refractivity (Wildman–Crippen MR) is 482 cm³/mol. The molecule has 0 saturated heterocycles. The van der Waals surface area contributed by atoms with Crippen molar-refractivity contribution < 1.29 is 13.3 Å². The minimum absolute atomic E-state index is 0.639. The van der Waals surface area contributed by atoms with Crippen molar-refractivity contribution in [3.8, 4) is 136 Å². The van der Waals surface area contributed by atoms with Crippen molar-refractivity contribution in [2.24, 2.45) is 0 Å². The topological polar surface area (TPSA) is 155 Å². The second kappa shape index (κ2) is 30.9. The lowest BCUT2D eigenvalue weighted by atomic mass is 9.92. The Balaban J connectivity index is 0.000000111. The SMILES string of the molecule is c1ccc(-c2nc(-c3ccc(-c4cccc5oc6ccccc6c45)cc3)nc(-c3ccc4ccccc4c3)n2)cc1.c1ccc(-c2nc(-c3ccccc3)nc(-c3ccc(-c4cccc5oc6ccccc6c45)c4ccccc34)n2)cc1.c1ccc(-c2nc(-c3ccccc3)nc(-c3ccc(-c4cccc5oc6ccccc6c45)cc3)n2)cc1. The molecule has 23 rings (SSSR count). The third-order valence-corrected chi connectivity index (χ3v) is 21.6. The molecule has 0 aliphatic heterocycles. The van der Waals surface area contributed by atoms with E-state index in [4.69, 9.17) is 58.1 Å². The Kier molecular flexibility index (Phi) is 18.3. The minimum Gasteiger partial charge on any atom is -0.456 e. The lowest BCUT2D eigenvalue weighted by Crippen LogP contribution is -2.00. The van der Waals surface area contributed by atoms with Crippen LogP contribution in [0.1, 0.15) is 0 Å². The van der Waals surface area contributed by atoms with Gasteiger partial charge in [-0.2, -0.15) is 0 Å². The lowest BCUT2D eigenvalue weighted by Gasteiger charge is -2.13. The van der Waals surface area contributed by atoms with Crippen LogP contribution in [0.3, 0.4) is 0 Å². The summed E-state index contributed by atoms with van der Waals surface area (Å²) < 4.78 is 18.4. The maximum Gasteiger partial charge on any atom is 0.164 e. The van der Waals surface area contributed by atoms with E-state index in [1.54, 1.807) is 0 Å². The van der Waals surface area contributed by atoms with Gasteiger partial charge in [-0.25, -0.2) is 44.9 Å². The first-order valence-corrected chi connectivity index (χ1v) is 39.5. The average molecular weight is 1530 g/mol. The molecule has 12 heteroatoms. The molecule has 6 aromatic heterocycles. The molecule has 0 radical (unpaired) electrons. The molecule has 23 aromatic rings. The fourth-order valence-electron chi connectivity index (χ4n) is 15.9. The fraction of sp³-hybridized carbons (Fsp3) is 0. The quantitative estimate of drug-likeness (QED) is 0.114. The van der Waals surface area contributed by atoms with Crippen molar-refractivity contribution in [2.45, 2.75) is 0 Å². The van der Waals surface area contributed by atoms with Crippen LogP contribution in [0.25, 0.3) is 223 Å². The third-order valence-electron chi connectivity index (χ3n) is 21.6. The van der Waals surface area contributed by atoms with Crippen LogP contribution in [0.5, 0.6) is 0 Å². The zero-order valence-corrected chi connectivity index (χ0v) is 63.9. The molecular weight excluding hydrogens is 1460 g/mol. The van der Waals surface area contributed by atoms with Gasteiger partial charge in [-0.15, -0.1) is 0 Å². The number of benzene rings is 17. The number of nitrogens with zero attached hydrogens (tertiary/aromatic N) is 9. The molecule has 0 bridgehead atoms. The Morgan fingerprint density at radius 1 is 0.134 bits per heavy atom. The molecule has 0 saturated carbocycles. The van der Waals surface area contributed by atoms with Crippen LogP contribution in [-0.4, -0.2) is 44.9 Å². The van der Waals surface area contributed by atoms with Crippen LogP contribution in [-0.2, 0) is 0 Å². The third kappa shape index (κ3) is 13.8. The minimum atomic E-state index is 0.639. The van der Waals surface area contributed by atoms with Gasteiger partial charge in [0.1, 0.15) is 33.5 Å². The van der Waals surface area contributed by atoms with E-state index in [2.05, 4.69) is 182 Å². The van der Waals surface area contributed by atoms with Gasteiger partial charge in [0.15, 0.2) is 52.4 Å². The molecule has 0 aliphatic rings. The lowest BCUT2D eigenvalue weighted by molar-refractivity contribution is 0.668. The smallest absolute Gasteiger partial charge is 0.164 e. The Bertz CT molecular complexity index is 7600. The molecule has 17 aromatic carbocycles. The summed E-state index contributed by atoms with van der Waals surface area (Å²) in [5, 5.41) is 11.3. The first kappa shape index (κ1) is 70.5. The molecule has 0 spiro atoms. The van der Waals surface area contributed by atoms with Crippen molar-refractivity contribution in [2.75, 3.05) is 0 Å². The van der Waals surface area contributed by atoms with Crippen LogP contribution >= 0.6 is 0 Å². The number of hydrogen-bond acceptors (Lipinski definition) is 12. The van der Waals surface area contributed by atoms with Gasteiger partial charge < -0.3 is 13.3 Å². The van der Waals surface area contributed by atoms with E-state index in [1.165, 1.54) is 5.39 Å². The summed E-state index contributed by atoms with van der Waals surface area (Å²) in [6, 6.07) is 138. The van der Waals surface area contributed by atoms with Gasteiger partial charge in [-0.05, 0) is 103 Å². The fourth-order valence-corrected chi connectivity index (χ4v) is 15.9. The van der Waals surface area contributed by atoms with Gasteiger partial charge >= 0.3 is 0 Å². The average Bonchev–Trinajstić information content (AvgIpc) is 1.75. The number of fused-ring (bicyclic) bond motifs is 11. The first-order chi connectivity index (χ1) is 59.0. The standard InChI is InChI=1S/2C37H23N3O.C33H21N3O/c1-3-12-24(13-4-1)35-38-36(25-14-5-2-6-15-25)40-37(39-35)30-23-22-28(26-16-7-8-17-27(26)30)29-19-11-21-33-34(29)31-18-9-10-20-32(31)41-33;1-2-10-26(11-3-1)35-38-36(40-37(39-35)29-22-17-24-9-4-5-12-28(24)23-29)27-20-18-25(19-21-27)30-14-8-16-33-34(30)31-13-6-7-15-32(31)41-33;1-3-10-23(11-4-1)31-34-32(24-12-5-2-6-13-24)36-33(35-31)25-20-18-22(19-21-25)26-15-9-17-29-30(26)27-14-7-8-16-28(27)37-29/h2*1-23H;1-21H. The Hall–Kier alpha value is -16.3. The molecule has 12 nitrogen and oxygen atoms in total. The van der Waals surface area contributed by atoms with E-state index < -0.39 is 0 Å².